The molecule has 0 unspecified atom stereocenters. The average Bonchev–Trinajstić information content (AvgIpc) is 2.57. The molecule has 0 radical (unpaired) electrons. The Morgan fingerprint density at radius 2 is 1.70 bits per heavy atom. The van der Waals surface area contributed by atoms with E-state index >= 15 is 0 Å². The normalized spacial score (nSPS) is 12.9. The van der Waals surface area contributed by atoms with Crippen molar-refractivity contribution in [2.45, 2.75) is 29.1 Å². The van der Waals surface area contributed by atoms with Gasteiger partial charge in [0, 0.05) is 6.07 Å². The fraction of sp³-hybridized carbons (Fsp3) is 0.462. The lowest BCUT2D eigenvalue weighted by molar-refractivity contribution is -0.387. The molecule has 0 atom stereocenters. The predicted octanol–water partition coefficient (Wildman–Crippen LogP) is 4.40. The lowest BCUT2D eigenvalue weighted by Crippen LogP contribution is -2.59. The molecule has 0 aromatic heterocycles. The van der Waals surface area contributed by atoms with E-state index in [1.807, 2.05) is 0 Å². The van der Waals surface area contributed by atoms with E-state index in [9.17, 15) is 50.0 Å². The van der Waals surface area contributed by atoms with Crippen molar-refractivity contribution in [2.24, 2.45) is 0 Å². The van der Waals surface area contributed by atoms with E-state index in [0.29, 0.717) is 11.8 Å². The van der Waals surface area contributed by atoms with Gasteiger partial charge in [0.15, 0.2) is 6.61 Å². The summed E-state index contributed by atoms with van der Waals surface area (Å²) in [6, 6.07) is 4.91. The third kappa shape index (κ3) is 4.99. The zero-order valence-electron chi connectivity index (χ0n) is 12.8. The molecule has 1 rings (SSSR count). The summed E-state index contributed by atoms with van der Waals surface area (Å²) in [6.45, 7) is -2.58. The molecule has 0 bridgehead atoms. The highest BCUT2D eigenvalue weighted by Crippen LogP contribution is 2.48. The molecule has 0 amide bonds. The molecule has 0 heterocycles. The van der Waals surface area contributed by atoms with Crippen molar-refractivity contribution < 1.29 is 49.6 Å². The first-order chi connectivity index (χ1) is 12.2. The topological polar surface area (TPSA) is 69.4 Å². The van der Waals surface area contributed by atoms with E-state index < -0.39 is 53.1 Å². The Morgan fingerprint density at radius 3 is 2.22 bits per heavy atom. The van der Waals surface area contributed by atoms with Crippen molar-refractivity contribution in [3.8, 4) is 0 Å². The maximum Gasteiger partial charge on any atom is 0.381 e. The second-order valence-electron chi connectivity index (χ2n) is 4.88. The Bertz CT molecular complexity index is 701. The van der Waals surface area contributed by atoms with Gasteiger partial charge in [-0.3, -0.25) is 14.9 Å². The Labute approximate surface area is 149 Å². The van der Waals surface area contributed by atoms with Crippen molar-refractivity contribution in [1.29, 1.82) is 0 Å². The number of benzene rings is 1. The van der Waals surface area contributed by atoms with Crippen LogP contribution in [-0.2, 0) is 9.53 Å². The van der Waals surface area contributed by atoms with E-state index in [1.165, 1.54) is 18.2 Å². The van der Waals surface area contributed by atoms with Crippen LogP contribution in [0, 0.1) is 10.1 Å². The summed E-state index contributed by atoms with van der Waals surface area (Å²) in [5, 5.41) is 10.7. The van der Waals surface area contributed by atoms with Gasteiger partial charge in [-0.25, -0.2) is 8.78 Å². The van der Waals surface area contributed by atoms with Gasteiger partial charge in [-0.05, 0) is 6.07 Å². The van der Waals surface area contributed by atoms with Crippen LogP contribution in [-0.4, -0.2) is 47.4 Å². The minimum absolute atomic E-state index is 0.0826. The van der Waals surface area contributed by atoms with E-state index in [-0.39, 0.29) is 4.90 Å². The minimum Gasteiger partial charge on any atom is -0.458 e. The SMILES string of the molecule is O=C(CSc1ccccc1[N+](=O)[O-])OCC(F)(F)C(F)(F)C(F)(F)C(F)F. The van der Waals surface area contributed by atoms with E-state index in [2.05, 4.69) is 4.74 Å². The standard InChI is InChI=1S/C13H9F8NO4S/c14-10(15)12(18,19)13(20,21)11(16,17)6-26-9(23)5-27-8-4-2-1-3-7(8)22(24)25/h1-4,10H,5-6H2. The van der Waals surface area contributed by atoms with Gasteiger partial charge in [0.2, 0.25) is 0 Å². The first-order valence-electron chi connectivity index (χ1n) is 6.67. The first kappa shape index (κ1) is 22.9. The second-order valence-corrected chi connectivity index (χ2v) is 5.89. The number of carbonyl (C=O) groups excluding carboxylic acids is 1. The smallest absolute Gasteiger partial charge is 0.381 e. The van der Waals surface area contributed by atoms with Crippen molar-refractivity contribution >= 4 is 23.4 Å². The van der Waals surface area contributed by atoms with Gasteiger partial charge >= 0.3 is 30.2 Å². The van der Waals surface area contributed by atoms with Crippen LogP contribution >= 0.6 is 11.8 Å². The number of para-hydroxylation sites is 1. The fourth-order valence-corrected chi connectivity index (χ4v) is 2.37. The number of halogens is 8. The summed E-state index contributed by atoms with van der Waals surface area (Å²) in [6.07, 6.45) is -5.08. The first-order valence-corrected chi connectivity index (χ1v) is 7.66. The Hall–Kier alpha value is -2.12. The number of rotatable bonds is 9. The zero-order chi connectivity index (χ0) is 21.0. The Kier molecular flexibility index (Phi) is 7.02. The number of hydrogen-bond donors (Lipinski definition) is 0. The van der Waals surface area contributed by atoms with E-state index in [1.54, 1.807) is 0 Å². The van der Waals surface area contributed by atoms with Crippen LogP contribution in [0.5, 0.6) is 0 Å². The number of alkyl halides is 8. The molecule has 152 valence electrons. The van der Waals surface area contributed by atoms with Gasteiger partial charge in [0.1, 0.15) is 0 Å². The zero-order valence-corrected chi connectivity index (χ0v) is 13.6. The molecule has 0 fully saturated rings. The van der Waals surface area contributed by atoms with Gasteiger partial charge in [-0.15, -0.1) is 11.8 Å². The fourth-order valence-electron chi connectivity index (χ4n) is 1.55. The lowest BCUT2D eigenvalue weighted by atomic mass is 10.1. The molecule has 0 aliphatic heterocycles. The highest BCUT2D eigenvalue weighted by molar-refractivity contribution is 8.00. The molecular weight excluding hydrogens is 418 g/mol. The maximum atomic E-state index is 13.2. The maximum absolute atomic E-state index is 13.2. The third-order valence-electron chi connectivity index (χ3n) is 2.97. The Balaban J connectivity index is 2.73. The van der Waals surface area contributed by atoms with Crippen LogP contribution in [0.2, 0.25) is 0 Å². The van der Waals surface area contributed by atoms with Crippen LogP contribution in [0.1, 0.15) is 0 Å². The summed E-state index contributed by atoms with van der Waals surface area (Å²) in [4.78, 5) is 21.2. The van der Waals surface area contributed by atoms with Crippen molar-refractivity contribution in [2.75, 3.05) is 12.4 Å². The number of esters is 1. The van der Waals surface area contributed by atoms with Crippen LogP contribution in [0.3, 0.4) is 0 Å². The molecule has 0 aliphatic rings. The molecule has 0 saturated heterocycles. The third-order valence-corrected chi connectivity index (χ3v) is 4.01. The highest BCUT2D eigenvalue weighted by Gasteiger charge is 2.75. The van der Waals surface area contributed by atoms with E-state index in [0.717, 1.165) is 6.07 Å². The summed E-state index contributed by atoms with van der Waals surface area (Å²) >= 11 is 0.435. The van der Waals surface area contributed by atoms with Crippen LogP contribution < -0.4 is 0 Å². The molecule has 0 aliphatic carbocycles. The largest absolute Gasteiger partial charge is 0.458 e. The number of carbonyl (C=O) groups is 1. The minimum atomic E-state index is -6.49. The average molecular weight is 427 g/mol. The summed E-state index contributed by atoms with van der Waals surface area (Å²) in [5.41, 5.74) is -0.441. The second kappa shape index (κ2) is 8.27. The number of ether oxygens (including phenoxy) is 1. The van der Waals surface area contributed by atoms with E-state index in [4.69, 9.17) is 0 Å². The summed E-state index contributed by atoms with van der Waals surface area (Å²) in [5.74, 6) is -21.1. The molecule has 0 spiro atoms. The highest BCUT2D eigenvalue weighted by atomic mass is 32.2. The molecule has 1 aromatic carbocycles. The summed E-state index contributed by atoms with van der Waals surface area (Å²) in [7, 11) is 0. The van der Waals surface area contributed by atoms with Crippen LogP contribution in [0.25, 0.3) is 0 Å². The van der Waals surface area contributed by atoms with Crippen LogP contribution in [0.15, 0.2) is 29.2 Å². The molecule has 0 saturated carbocycles. The van der Waals surface area contributed by atoms with Gasteiger partial charge in [-0.2, -0.15) is 26.3 Å². The van der Waals surface area contributed by atoms with Crippen molar-refractivity contribution in [1.82, 2.24) is 0 Å². The quantitative estimate of drug-likeness (QED) is 0.192. The molecule has 27 heavy (non-hydrogen) atoms. The monoisotopic (exact) mass is 427 g/mol. The number of nitro groups is 1. The molecule has 14 heteroatoms. The predicted molar refractivity (Wildman–Crippen MR) is 75.6 cm³/mol. The Morgan fingerprint density at radius 1 is 1.15 bits per heavy atom. The van der Waals surface area contributed by atoms with Gasteiger partial charge in [0.25, 0.3) is 5.69 Å². The number of hydrogen-bond acceptors (Lipinski definition) is 5. The number of nitro benzene ring substituents is 1. The van der Waals surface area contributed by atoms with Crippen LogP contribution in [0.4, 0.5) is 40.8 Å². The van der Waals surface area contributed by atoms with Gasteiger partial charge in [-0.1, -0.05) is 12.1 Å². The molecule has 1 aromatic rings. The number of nitrogens with zero attached hydrogens (tertiary/aromatic N) is 1. The lowest BCUT2D eigenvalue weighted by Gasteiger charge is -2.31. The molecular formula is C13H9F8NO4S. The molecule has 5 nitrogen and oxygen atoms in total. The number of thioether (sulfide) groups is 1. The van der Waals surface area contributed by atoms with Crippen molar-refractivity contribution in [3.63, 3.8) is 0 Å². The van der Waals surface area contributed by atoms with Crippen molar-refractivity contribution in [3.05, 3.63) is 34.4 Å². The van der Waals surface area contributed by atoms with Gasteiger partial charge in [0.05, 0.1) is 15.6 Å². The van der Waals surface area contributed by atoms with Gasteiger partial charge < -0.3 is 4.74 Å². The summed E-state index contributed by atoms with van der Waals surface area (Å²) < 4.78 is 105. The molecule has 0 N–H and O–H groups in total.